The second kappa shape index (κ2) is 15.9. The van der Waals surface area contributed by atoms with Crippen molar-refractivity contribution in [2.45, 2.75) is 42.8 Å². The van der Waals surface area contributed by atoms with E-state index < -0.39 is 40.0 Å². The fraction of sp³-hybridized carbons (Fsp3) is 0.364. The van der Waals surface area contributed by atoms with E-state index in [-0.39, 0.29) is 29.8 Å². The molecule has 2 atom stereocenters. The van der Waals surface area contributed by atoms with Crippen molar-refractivity contribution < 1.29 is 52.0 Å². The lowest BCUT2D eigenvalue weighted by Crippen LogP contribution is -2.51. The first kappa shape index (κ1) is 35.4. The lowest BCUT2D eigenvalue weighted by molar-refractivity contribution is -0.142. The minimum atomic E-state index is -4.14. The molecular weight excluding hydrogens is 632 g/mol. The van der Waals surface area contributed by atoms with Gasteiger partial charge < -0.3 is 34.5 Å². The summed E-state index contributed by atoms with van der Waals surface area (Å²) in [4.78, 5) is 36.5. The molecule has 1 aliphatic rings. The Morgan fingerprint density at radius 1 is 0.915 bits per heavy atom. The van der Waals surface area contributed by atoms with Gasteiger partial charge in [-0.1, -0.05) is 24.3 Å². The molecule has 1 aliphatic heterocycles. The van der Waals surface area contributed by atoms with Crippen molar-refractivity contribution in [1.82, 2.24) is 9.62 Å². The summed E-state index contributed by atoms with van der Waals surface area (Å²) in [5.41, 5.74) is 2.85. The summed E-state index contributed by atoms with van der Waals surface area (Å²) >= 11 is 0. The Balaban J connectivity index is 1.48. The van der Waals surface area contributed by atoms with Gasteiger partial charge in [0.05, 0.1) is 50.1 Å². The van der Waals surface area contributed by atoms with E-state index in [2.05, 4.69) is 5.32 Å². The molecule has 14 heteroatoms. The number of carbonyl (C=O) groups is 3. The number of ether oxygens (including phenoxy) is 4. The van der Waals surface area contributed by atoms with Gasteiger partial charge in [0.2, 0.25) is 15.9 Å². The highest BCUT2D eigenvalue weighted by atomic mass is 32.2. The molecule has 4 rings (SSSR count). The van der Waals surface area contributed by atoms with E-state index in [1.54, 1.807) is 45.6 Å². The number of hydrogen-bond acceptors (Lipinski definition) is 9. The van der Waals surface area contributed by atoms with Crippen molar-refractivity contribution in [3.05, 3.63) is 77.4 Å². The number of sulfonamides is 1. The van der Waals surface area contributed by atoms with Crippen LogP contribution in [0.15, 0.2) is 65.6 Å². The van der Waals surface area contributed by atoms with E-state index in [0.717, 1.165) is 15.4 Å². The van der Waals surface area contributed by atoms with Gasteiger partial charge in [-0.2, -0.15) is 4.31 Å². The molecule has 0 bridgehead atoms. The molecule has 1 amide bonds. The number of amides is 1. The van der Waals surface area contributed by atoms with E-state index in [9.17, 15) is 27.9 Å². The molecule has 47 heavy (non-hydrogen) atoms. The minimum Gasteiger partial charge on any atom is -0.496 e. The molecule has 0 spiro atoms. The van der Waals surface area contributed by atoms with Gasteiger partial charge >= 0.3 is 11.9 Å². The van der Waals surface area contributed by atoms with Gasteiger partial charge in [0.1, 0.15) is 23.6 Å². The van der Waals surface area contributed by atoms with Gasteiger partial charge in [-0.3, -0.25) is 4.79 Å². The molecule has 13 nitrogen and oxygen atoms in total. The summed E-state index contributed by atoms with van der Waals surface area (Å²) in [5, 5.41) is 21.6. The zero-order valence-corrected chi connectivity index (χ0v) is 27.1. The van der Waals surface area contributed by atoms with Crippen LogP contribution >= 0.6 is 0 Å². The Kier molecular flexibility index (Phi) is 11.9. The number of carboxylic acids is 2. The van der Waals surface area contributed by atoms with Crippen LogP contribution in [0, 0.1) is 0 Å². The van der Waals surface area contributed by atoms with Crippen molar-refractivity contribution in [2.24, 2.45) is 0 Å². The molecule has 1 saturated heterocycles. The van der Waals surface area contributed by atoms with Crippen LogP contribution in [0.5, 0.6) is 11.5 Å². The predicted molar refractivity (Wildman–Crippen MR) is 170 cm³/mol. The lowest BCUT2D eigenvalue weighted by atomic mass is 9.98. The zero-order chi connectivity index (χ0) is 34.1. The van der Waals surface area contributed by atoms with Gasteiger partial charge in [0.15, 0.2) is 0 Å². The average Bonchev–Trinajstić information content (AvgIpc) is 3.58. The molecule has 3 aromatic rings. The fourth-order valence-corrected chi connectivity index (χ4v) is 7.03. The minimum absolute atomic E-state index is 0.0521. The number of nitrogens with zero attached hydrogens (tertiary/aromatic N) is 1. The number of aliphatic carboxylic acids is 1. The number of nitrogens with one attached hydrogen (secondary N) is 1. The maximum absolute atomic E-state index is 13.3. The Morgan fingerprint density at radius 2 is 1.55 bits per heavy atom. The number of carbonyl (C=O) groups excluding carboxylic acids is 1. The Labute approximate surface area is 273 Å². The van der Waals surface area contributed by atoms with Crippen molar-refractivity contribution in [2.75, 3.05) is 41.1 Å². The summed E-state index contributed by atoms with van der Waals surface area (Å²) in [5.74, 6) is -2.07. The van der Waals surface area contributed by atoms with Gasteiger partial charge in [0, 0.05) is 20.1 Å². The van der Waals surface area contributed by atoms with Crippen molar-refractivity contribution in [3.8, 4) is 22.6 Å². The largest absolute Gasteiger partial charge is 0.496 e. The normalized spacial score (nSPS) is 15.6. The van der Waals surface area contributed by atoms with Gasteiger partial charge in [-0.15, -0.1) is 0 Å². The van der Waals surface area contributed by atoms with Crippen molar-refractivity contribution in [3.63, 3.8) is 0 Å². The number of methoxy groups -OCH3 is 3. The number of rotatable bonds is 16. The molecule has 0 saturated carbocycles. The van der Waals surface area contributed by atoms with E-state index in [1.807, 2.05) is 12.1 Å². The van der Waals surface area contributed by atoms with Gasteiger partial charge in [-0.05, 0) is 65.9 Å². The van der Waals surface area contributed by atoms with Gasteiger partial charge in [-0.25, -0.2) is 18.0 Å². The van der Waals surface area contributed by atoms with Crippen LogP contribution in [0.1, 0.15) is 34.3 Å². The predicted octanol–water partition coefficient (Wildman–Crippen LogP) is 3.20. The molecule has 0 radical (unpaired) electrons. The summed E-state index contributed by atoms with van der Waals surface area (Å²) in [7, 11) is 0.555. The standard InChI is InChI=1S/C33H38N2O11S/c1-43-15-16-46-20-22-18-28(44-2)30(29(19-22)45-3)23-8-6-21(7-9-23)17-26(33(39)40)34-31(36)27-5-4-14-35(27)47(41,42)25-12-10-24(11-13-25)32(37)38/h6-13,18-19,26-27H,4-5,14-17,20H2,1-3H3,(H,34,36)(H,37,38)(H,39,40)/t26-,27?/m0/s1. The van der Waals surface area contributed by atoms with Crippen LogP contribution in [0.3, 0.4) is 0 Å². The molecule has 1 heterocycles. The number of carboxylic acid groups (broad SMARTS) is 2. The smallest absolute Gasteiger partial charge is 0.335 e. The monoisotopic (exact) mass is 670 g/mol. The van der Waals surface area contributed by atoms with E-state index >= 15 is 0 Å². The van der Waals surface area contributed by atoms with Crippen LogP contribution in [-0.4, -0.2) is 94.0 Å². The summed E-state index contributed by atoms with van der Waals surface area (Å²) in [6.07, 6.45) is 0.559. The zero-order valence-electron chi connectivity index (χ0n) is 26.3. The number of benzene rings is 3. The third kappa shape index (κ3) is 8.46. The highest BCUT2D eigenvalue weighted by molar-refractivity contribution is 7.89. The Bertz CT molecular complexity index is 1650. The molecule has 3 aromatic carbocycles. The van der Waals surface area contributed by atoms with Crippen LogP contribution in [0.25, 0.3) is 11.1 Å². The van der Waals surface area contributed by atoms with Crippen LogP contribution in [0.4, 0.5) is 0 Å². The third-order valence-electron chi connectivity index (χ3n) is 7.78. The molecule has 3 N–H and O–H groups in total. The Morgan fingerprint density at radius 3 is 2.11 bits per heavy atom. The van der Waals surface area contributed by atoms with E-state index in [1.165, 1.54) is 24.3 Å². The van der Waals surface area contributed by atoms with Crippen LogP contribution < -0.4 is 14.8 Å². The molecule has 0 aromatic heterocycles. The van der Waals surface area contributed by atoms with E-state index in [0.29, 0.717) is 48.9 Å². The third-order valence-corrected chi connectivity index (χ3v) is 9.70. The molecule has 1 fully saturated rings. The Hall–Kier alpha value is -4.50. The highest BCUT2D eigenvalue weighted by Gasteiger charge is 2.40. The van der Waals surface area contributed by atoms with Crippen LogP contribution in [0.2, 0.25) is 0 Å². The average molecular weight is 671 g/mol. The fourth-order valence-electron chi connectivity index (χ4n) is 5.37. The number of aromatic carboxylic acids is 1. The summed E-state index contributed by atoms with van der Waals surface area (Å²) in [6.45, 7) is 1.31. The molecule has 1 unspecified atom stereocenters. The first-order valence-corrected chi connectivity index (χ1v) is 16.2. The summed E-state index contributed by atoms with van der Waals surface area (Å²) in [6, 6.07) is 13.0. The van der Waals surface area contributed by atoms with Crippen molar-refractivity contribution >= 4 is 27.9 Å². The topological polar surface area (TPSA) is 178 Å². The molecule has 252 valence electrons. The SMILES string of the molecule is COCCOCc1cc(OC)c(-c2ccc(C[C@H](NC(=O)C3CCCN3S(=O)(=O)c3ccc(C(=O)O)cc3)C(=O)O)cc2)c(OC)c1. The second-order valence-electron chi connectivity index (χ2n) is 10.8. The quantitative estimate of drug-likeness (QED) is 0.191. The first-order chi connectivity index (χ1) is 22.5. The summed E-state index contributed by atoms with van der Waals surface area (Å²) < 4.78 is 49.6. The first-order valence-electron chi connectivity index (χ1n) is 14.8. The molecular formula is C33H38N2O11S. The number of hydrogen-bond donors (Lipinski definition) is 3. The lowest BCUT2D eigenvalue weighted by Gasteiger charge is -2.25. The second-order valence-corrected chi connectivity index (χ2v) is 12.7. The van der Waals surface area contributed by atoms with Gasteiger partial charge in [0.25, 0.3) is 0 Å². The van der Waals surface area contributed by atoms with E-state index in [4.69, 9.17) is 24.1 Å². The highest BCUT2D eigenvalue weighted by Crippen LogP contribution is 2.40. The molecule has 0 aliphatic carbocycles. The maximum atomic E-state index is 13.3. The van der Waals surface area contributed by atoms with Crippen LogP contribution in [-0.2, 0) is 42.1 Å². The van der Waals surface area contributed by atoms with Crippen molar-refractivity contribution in [1.29, 1.82) is 0 Å². The maximum Gasteiger partial charge on any atom is 0.335 e.